The van der Waals surface area contributed by atoms with Crippen LogP contribution in [0.15, 0.2) is 42.5 Å². The molecule has 1 aliphatic carbocycles. The summed E-state index contributed by atoms with van der Waals surface area (Å²) in [7, 11) is 1.38. The lowest BCUT2D eigenvalue weighted by Gasteiger charge is -2.25. The molecule has 0 atom stereocenters. The van der Waals surface area contributed by atoms with E-state index in [9.17, 15) is 14.0 Å². The number of aryl methyl sites for hydroxylation is 1. The van der Waals surface area contributed by atoms with E-state index in [1.54, 1.807) is 36.4 Å². The molecule has 0 fully saturated rings. The average molecular weight is 466 g/mol. The summed E-state index contributed by atoms with van der Waals surface area (Å²) in [5, 5.41) is 9.22. The second kappa shape index (κ2) is 7.01. The number of allylic oxidation sites excluding steroid dienone is 2. The average Bonchev–Trinajstić information content (AvgIpc) is 3.28. The molecule has 166 valence electrons. The van der Waals surface area contributed by atoms with Crippen molar-refractivity contribution in [2.24, 2.45) is 7.05 Å². The van der Waals surface area contributed by atoms with E-state index in [1.807, 2.05) is 0 Å². The first-order chi connectivity index (χ1) is 14.9. The molecule has 0 N–H and O–H groups in total. The van der Waals surface area contributed by atoms with Crippen molar-refractivity contribution in [3.63, 3.8) is 0 Å². The Morgan fingerprint density at radius 1 is 0.875 bits per heavy atom. The Hall–Kier alpha value is -2.99. The third kappa shape index (κ3) is 2.78. The Balaban J connectivity index is 2.08. The van der Waals surface area contributed by atoms with Gasteiger partial charge in [0.05, 0.1) is 0 Å². The second-order valence-corrected chi connectivity index (χ2v) is 8.88. The summed E-state index contributed by atoms with van der Waals surface area (Å²) >= 11 is 1.05. The third-order valence-corrected chi connectivity index (χ3v) is 6.93. The van der Waals surface area contributed by atoms with Crippen molar-refractivity contribution in [3.8, 4) is 16.5 Å². The molecule has 2 heterocycles. The van der Waals surface area contributed by atoms with Gasteiger partial charge in [0.1, 0.15) is 11.8 Å². The first kappa shape index (κ1) is 22.2. The van der Waals surface area contributed by atoms with Gasteiger partial charge in [-0.1, -0.05) is 30.3 Å². The zero-order valence-corrected chi connectivity index (χ0v) is 17.9. The largest absolute Gasteiger partial charge is 0.380 e. The van der Waals surface area contributed by atoms with Crippen LogP contribution in [0.2, 0.25) is 0 Å². The zero-order chi connectivity index (χ0) is 23.6. The smallest absolute Gasteiger partial charge is 0.339 e. The van der Waals surface area contributed by atoms with Crippen molar-refractivity contribution in [2.75, 3.05) is 0 Å². The van der Waals surface area contributed by atoms with Crippen LogP contribution in [0.3, 0.4) is 0 Å². The SMILES string of the molecule is Cc1sc(-c2ccccc2)cc1C1=C(c2cc(C#N)n(C)c2C)C(F)(F)C(F)(F)C1(F)F. The molecule has 1 aliphatic rings. The number of hydrogen-bond donors (Lipinski definition) is 0. The summed E-state index contributed by atoms with van der Waals surface area (Å²) in [5.74, 6) is -15.9. The highest BCUT2D eigenvalue weighted by Gasteiger charge is 2.80. The minimum atomic E-state index is -5.64. The summed E-state index contributed by atoms with van der Waals surface area (Å²) in [5.41, 5.74) is -3.13. The molecule has 32 heavy (non-hydrogen) atoms. The predicted octanol–water partition coefficient (Wildman–Crippen LogP) is 7.07. The van der Waals surface area contributed by atoms with Gasteiger partial charge in [-0.15, -0.1) is 11.3 Å². The fraction of sp³-hybridized carbons (Fsp3) is 0.261. The maximum atomic E-state index is 15.1. The Labute approximate surface area is 184 Å². The van der Waals surface area contributed by atoms with Gasteiger partial charge in [0.25, 0.3) is 0 Å². The van der Waals surface area contributed by atoms with E-state index < -0.39 is 34.5 Å². The maximum absolute atomic E-state index is 15.1. The number of benzene rings is 1. The van der Waals surface area contributed by atoms with Crippen molar-refractivity contribution in [2.45, 2.75) is 31.6 Å². The second-order valence-electron chi connectivity index (χ2n) is 7.62. The fourth-order valence-electron chi connectivity index (χ4n) is 3.97. The van der Waals surface area contributed by atoms with Crippen molar-refractivity contribution in [1.29, 1.82) is 5.26 Å². The molecule has 0 unspecified atom stereocenters. The normalized spacial score (nSPS) is 18.8. The molecule has 4 rings (SSSR count). The lowest BCUT2D eigenvalue weighted by Crippen LogP contribution is -2.48. The van der Waals surface area contributed by atoms with Gasteiger partial charge < -0.3 is 4.57 Å². The number of alkyl halides is 6. The highest BCUT2D eigenvalue weighted by atomic mass is 32.1. The highest BCUT2D eigenvalue weighted by molar-refractivity contribution is 7.15. The third-order valence-electron chi connectivity index (χ3n) is 5.83. The molecule has 0 spiro atoms. The van der Waals surface area contributed by atoms with E-state index in [1.165, 1.54) is 31.5 Å². The quantitative estimate of drug-likeness (QED) is 0.380. The standard InChI is InChI=1S/C23H16F6N2S/c1-12-16(9-15(11-30)31(12)3)19-20(22(26,27)23(28,29)21(19,24)25)17-10-18(32-13(17)2)14-7-5-4-6-8-14/h4-10H,1-3H3. The van der Waals surface area contributed by atoms with E-state index in [-0.39, 0.29) is 21.8 Å². The number of halogens is 6. The van der Waals surface area contributed by atoms with Crippen LogP contribution in [0.1, 0.15) is 27.4 Å². The lowest BCUT2D eigenvalue weighted by molar-refractivity contribution is -0.254. The molecule has 1 aromatic carbocycles. The van der Waals surface area contributed by atoms with E-state index >= 15 is 17.6 Å². The predicted molar refractivity (Wildman–Crippen MR) is 111 cm³/mol. The molecule has 3 aromatic rings. The van der Waals surface area contributed by atoms with Gasteiger partial charge >= 0.3 is 17.8 Å². The van der Waals surface area contributed by atoms with Gasteiger partial charge in [-0.05, 0) is 37.1 Å². The van der Waals surface area contributed by atoms with Crippen LogP contribution in [-0.4, -0.2) is 22.3 Å². The zero-order valence-electron chi connectivity index (χ0n) is 17.1. The van der Waals surface area contributed by atoms with Gasteiger partial charge in [-0.2, -0.15) is 31.6 Å². The first-order valence-electron chi connectivity index (χ1n) is 9.48. The molecule has 0 saturated heterocycles. The van der Waals surface area contributed by atoms with Crippen LogP contribution in [0.25, 0.3) is 21.6 Å². The Kier molecular flexibility index (Phi) is 4.86. The first-order valence-corrected chi connectivity index (χ1v) is 10.3. The number of nitrogens with zero attached hydrogens (tertiary/aromatic N) is 2. The van der Waals surface area contributed by atoms with Crippen molar-refractivity contribution < 1.29 is 26.3 Å². The minimum Gasteiger partial charge on any atom is -0.339 e. The molecule has 0 bridgehead atoms. The summed E-state index contributed by atoms with van der Waals surface area (Å²) < 4.78 is 90.4. The van der Waals surface area contributed by atoms with Crippen LogP contribution >= 0.6 is 11.3 Å². The Bertz CT molecular complexity index is 1290. The number of hydrogen-bond acceptors (Lipinski definition) is 2. The van der Waals surface area contributed by atoms with E-state index in [4.69, 9.17) is 0 Å². The highest BCUT2D eigenvalue weighted by Crippen LogP contribution is 2.65. The molecule has 0 saturated carbocycles. The summed E-state index contributed by atoms with van der Waals surface area (Å²) in [4.78, 5) is 0.695. The molecular formula is C23H16F6N2S. The van der Waals surface area contributed by atoms with Gasteiger partial charge in [-0.3, -0.25) is 0 Å². The molecule has 0 radical (unpaired) electrons. The summed E-state index contributed by atoms with van der Waals surface area (Å²) in [6.07, 6.45) is 0. The monoisotopic (exact) mass is 466 g/mol. The van der Waals surface area contributed by atoms with Crippen molar-refractivity contribution in [3.05, 3.63) is 69.9 Å². The van der Waals surface area contributed by atoms with Crippen LogP contribution in [0.5, 0.6) is 0 Å². The number of aromatic nitrogens is 1. The molecule has 2 aromatic heterocycles. The Morgan fingerprint density at radius 3 is 1.97 bits per heavy atom. The fourth-order valence-corrected chi connectivity index (χ4v) is 5.00. The van der Waals surface area contributed by atoms with Crippen LogP contribution in [0.4, 0.5) is 26.3 Å². The van der Waals surface area contributed by atoms with Crippen LogP contribution in [-0.2, 0) is 7.05 Å². The van der Waals surface area contributed by atoms with Gasteiger partial charge in [-0.25, -0.2) is 0 Å². The Morgan fingerprint density at radius 2 is 1.44 bits per heavy atom. The van der Waals surface area contributed by atoms with Crippen molar-refractivity contribution in [1.82, 2.24) is 4.57 Å². The molecule has 0 amide bonds. The van der Waals surface area contributed by atoms with Gasteiger partial charge in [0.2, 0.25) is 0 Å². The van der Waals surface area contributed by atoms with Gasteiger partial charge in [0.15, 0.2) is 0 Å². The lowest BCUT2D eigenvalue weighted by atomic mass is 9.94. The topological polar surface area (TPSA) is 28.7 Å². The van der Waals surface area contributed by atoms with E-state index in [2.05, 4.69) is 0 Å². The van der Waals surface area contributed by atoms with Gasteiger partial charge in [0, 0.05) is 39.2 Å². The minimum absolute atomic E-state index is 0.0124. The van der Waals surface area contributed by atoms with E-state index in [0.717, 1.165) is 17.4 Å². The summed E-state index contributed by atoms with van der Waals surface area (Å²) in [6, 6.07) is 12.6. The molecule has 2 nitrogen and oxygen atoms in total. The summed E-state index contributed by atoms with van der Waals surface area (Å²) in [6.45, 7) is 2.75. The number of thiophene rings is 1. The van der Waals surface area contributed by atoms with E-state index in [0.29, 0.717) is 10.4 Å². The number of rotatable bonds is 3. The molecule has 9 heteroatoms. The van der Waals surface area contributed by atoms with Crippen LogP contribution < -0.4 is 0 Å². The molecular weight excluding hydrogens is 450 g/mol. The number of nitriles is 1. The molecule has 0 aliphatic heterocycles. The van der Waals surface area contributed by atoms with Crippen molar-refractivity contribution >= 4 is 22.5 Å². The maximum Gasteiger partial charge on any atom is 0.380 e. The van der Waals surface area contributed by atoms with Crippen LogP contribution in [0, 0.1) is 25.2 Å².